The minimum absolute atomic E-state index is 0.144. The Balaban J connectivity index is 1.76. The van der Waals surface area contributed by atoms with Crippen molar-refractivity contribution in [2.24, 2.45) is 0 Å². The molecule has 34 heavy (non-hydrogen) atoms. The molecular formula is C27H33NO6. The summed E-state index contributed by atoms with van der Waals surface area (Å²) in [5, 5.41) is 9.13. The van der Waals surface area contributed by atoms with E-state index in [-0.39, 0.29) is 24.9 Å². The van der Waals surface area contributed by atoms with Gasteiger partial charge < -0.3 is 19.3 Å². The summed E-state index contributed by atoms with van der Waals surface area (Å²) in [5.74, 6) is -0.720. The van der Waals surface area contributed by atoms with Crippen LogP contribution in [0.5, 0.6) is 5.75 Å². The maximum Gasteiger partial charge on any atom is 0.328 e. The van der Waals surface area contributed by atoms with E-state index in [9.17, 15) is 9.59 Å². The van der Waals surface area contributed by atoms with Gasteiger partial charge in [0.1, 0.15) is 24.7 Å². The van der Waals surface area contributed by atoms with Crippen molar-refractivity contribution in [3.63, 3.8) is 0 Å². The summed E-state index contributed by atoms with van der Waals surface area (Å²) in [6, 6.07) is 15.6. The fourth-order valence-electron chi connectivity index (χ4n) is 3.91. The molecule has 2 aromatic rings. The summed E-state index contributed by atoms with van der Waals surface area (Å²) in [5.41, 5.74) is 2.68. The molecule has 0 amide bonds. The van der Waals surface area contributed by atoms with Crippen LogP contribution >= 0.6 is 0 Å². The molecule has 1 fully saturated rings. The standard InChI is InChI=1S/C27H33NO6/c1-3-4-16-32-26(28-15-14-24(18-28)34-20(2)29)19-33-25-12-10-22(21-8-6-5-7-9-21)17-23(25)11-13-27(30)31/h5-13,17,24,26H,3-4,14-16,18-19H2,1-2H3,(H,30,31)/b13-11+. The van der Waals surface area contributed by atoms with Crippen LogP contribution in [0.2, 0.25) is 0 Å². The number of nitrogens with zero attached hydrogens (tertiary/aromatic N) is 1. The highest BCUT2D eigenvalue weighted by Gasteiger charge is 2.31. The van der Waals surface area contributed by atoms with Gasteiger partial charge in [0.05, 0.1) is 0 Å². The van der Waals surface area contributed by atoms with Crippen LogP contribution in [0, 0.1) is 0 Å². The van der Waals surface area contributed by atoms with Gasteiger partial charge in [-0.2, -0.15) is 0 Å². The number of likely N-dealkylation sites (tertiary alicyclic amines) is 1. The van der Waals surface area contributed by atoms with Crippen LogP contribution in [0.15, 0.2) is 54.6 Å². The average Bonchev–Trinajstić information content (AvgIpc) is 3.28. The predicted octanol–water partition coefficient (Wildman–Crippen LogP) is 4.61. The Hall–Kier alpha value is -3.16. The molecule has 0 bridgehead atoms. The summed E-state index contributed by atoms with van der Waals surface area (Å²) in [6.07, 6.45) is 4.93. The van der Waals surface area contributed by atoms with Crippen LogP contribution in [-0.2, 0) is 19.1 Å². The number of carboxylic acids is 1. The molecule has 1 saturated heterocycles. The zero-order valence-corrected chi connectivity index (χ0v) is 19.8. The second kappa shape index (κ2) is 12.9. The number of benzene rings is 2. The van der Waals surface area contributed by atoms with Crippen molar-refractivity contribution in [1.29, 1.82) is 0 Å². The lowest BCUT2D eigenvalue weighted by Crippen LogP contribution is -2.41. The molecular weight excluding hydrogens is 434 g/mol. The van der Waals surface area contributed by atoms with Gasteiger partial charge in [0.15, 0.2) is 0 Å². The van der Waals surface area contributed by atoms with E-state index < -0.39 is 5.97 Å². The molecule has 1 aliphatic rings. The third kappa shape index (κ3) is 7.71. The number of carbonyl (C=O) groups is 2. The van der Waals surface area contributed by atoms with Crippen molar-refractivity contribution in [2.45, 2.75) is 45.4 Å². The summed E-state index contributed by atoms with van der Waals surface area (Å²) in [6.45, 7) is 5.76. The van der Waals surface area contributed by atoms with Crippen LogP contribution < -0.4 is 4.74 Å². The maximum atomic E-state index is 11.3. The molecule has 0 aliphatic carbocycles. The zero-order valence-electron chi connectivity index (χ0n) is 19.8. The smallest absolute Gasteiger partial charge is 0.328 e. The van der Waals surface area contributed by atoms with Gasteiger partial charge in [0, 0.05) is 38.3 Å². The highest BCUT2D eigenvalue weighted by atomic mass is 16.6. The first kappa shape index (κ1) is 25.5. The molecule has 2 unspecified atom stereocenters. The third-order valence-corrected chi connectivity index (χ3v) is 5.63. The molecule has 0 radical (unpaired) electrons. The molecule has 7 nitrogen and oxygen atoms in total. The number of carbonyl (C=O) groups excluding carboxylic acids is 1. The van der Waals surface area contributed by atoms with Crippen LogP contribution in [0.3, 0.4) is 0 Å². The lowest BCUT2D eigenvalue weighted by atomic mass is 10.0. The van der Waals surface area contributed by atoms with Crippen molar-refractivity contribution in [2.75, 3.05) is 26.3 Å². The molecule has 3 rings (SSSR count). The molecule has 7 heteroatoms. The topological polar surface area (TPSA) is 85.3 Å². The molecule has 0 aromatic heterocycles. The Morgan fingerprint density at radius 2 is 1.97 bits per heavy atom. The monoisotopic (exact) mass is 467 g/mol. The highest BCUT2D eigenvalue weighted by Crippen LogP contribution is 2.28. The Morgan fingerprint density at radius 1 is 1.18 bits per heavy atom. The van der Waals surface area contributed by atoms with Gasteiger partial charge in [-0.1, -0.05) is 49.7 Å². The summed E-state index contributed by atoms with van der Waals surface area (Å²) < 4.78 is 17.7. The maximum absolute atomic E-state index is 11.3. The average molecular weight is 468 g/mol. The number of esters is 1. The SMILES string of the molecule is CCCCOC(COc1ccc(-c2ccccc2)cc1/C=C/C(=O)O)N1CCC(OC(C)=O)C1. The van der Waals surface area contributed by atoms with Crippen molar-refractivity contribution < 1.29 is 28.9 Å². The highest BCUT2D eigenvalue weighted by molar-refractivity contribution is 5.86. The van der Waals surface area contributed by atoms with Gasteiger partial charge in [-0.25, -0.2) is 4.79 Å². The minimum Gasteiger partial charge on any atom is -0.489 e. The van der Waals surface area contributed by atoms with Gasteiger partial charge in [-0.3, -0.25) is 9.69 Å². The molecule has 1 aliphatic heterocycles. The van der Waals surface area contributed by atoms with E-state index in [4.69, 9.17) is 19.3 Å². The van der Waals surface area contributed by atoms with Crippen LogP contribution in [0.25, 0.3) is 17.2 Å². The van der Waals surface area contributed by atoms with Crippen LogP contribution in [0.4, 0.5) is 0 Å². The van der Waals surface area contributed by atoms with E-state index in [1.165, 1.54) is 6.92 Å². The van der Waals surface area contributed by atoms with Gasteiger partial charge in [-0.15, -0.1) is 0 Å². The van der Waals surface area contributed by atoms with E-state index in [1.807, 2.05) is 48.5 Å². The molecule has 2 aromatic carbocycles. The number of ether oxygens (including phenoxy) is 3. The number of unbranched alkanes of at least 4 members (excludes halogenated alkanes) is 1. The van der Waals surface area contributed by atoms with Gasteiger partial charge in [0.25, 0.3) is 0 Å². The number of carboxylic acid groups (broad SMARTS) is 1. The van der Waals surface area contributed by atoms with E-state index in [0.29, 0.717) is 24.5 Å². The first-order chi connectivity index (χ1) is 16.5. The van der Waals surface area contributed by atoms with Gasteiger partial charge >= 0.3 is 11.9 Å². The Morgan fingerprint density at radius 3 is 2.68 bits per heavy atom. The van der Waals surface area contributed by atoms with E-state index >= 15 is 0 Å². The molecule has 1 N–H and O–H groups in total. The van der Waals surface area contributed by atoms with E-state index in [1.54, 1.807) is 6.08 Å². The fourth-order valence-corrected chi connectivity index (χ4v) is 3.91. The summed E-state index contributed by atoms with van der Waals surface area (Å²) >= 11 is 0. The second-order valence-corrected chi connectivity index (χ2v) is 8.30. The zero-order chi connectivity index (χ0) is 24.3. The molecule has 1 heterocycles. The second-order valence-electron chi connectivity index (χ2n) is 8.30. The molecule has 0 spiro atoms. The van der Waals surface area contributed by atoms with Crippen molar-refractivity contribution in [3.05, 3.63) is 60.2 Å². The van der Waals surface area contributed by atoms with E-state index in [2.05, 4.69) is 11.8 Å². The fraction of sp³-hybridized carbons (Fsp3) is 0.407. The Bertz CT molecular complexity index is 974. The number of rotatable bonds is 12. The van der Waals surface area contributed by atoms with Crippen LogP contribution in [0.1, 0.15) is 38.7 Å². The van der Waals surface area contributed by atoms with Gasteiger partial charge in [0.2, 0.25) is 0 Å². The van der Waals surface area contributed by atoms with Crippen molar-refractivity contribution in [1.82, 2.24) is 4.90 Å². The van der Waals surface area contributed by atoms with Crippen molar-refractivity contribution >= 4 is 18.0 Å². The molecule has 2 atom stereocenters. The lowest BCUT2D eigenvalue weighted by Gasteiger charge is -2.28. The van der Waals surface area contributed by atoms with E-state index in [0.717, 1.165) is 43.0 Å². The Labute approximate surface area is 200 Å². The first-order valence-electron chi connectivity index (χ1n) is 11.7. The van der Waals surface area contributed by atoms with Crippen molar-refractivity contribution in [3.8, 4) is 16.9 Å². The lowest BCUT2D eigenvalue weighted by molar-refractivity contribution is -0.146. The van der Waals surface area contributed by atoms with Gasteiger partial charge in [-0.05, 0) is 42.2 Å². The van der Waals surface area contributed by atoms with Crippen LogP contribution in [-0.4, -0.2) is 60.6 Å². The predicted molar refractivity (Wildman–Crippen MR) is 130 cm³/mol. The normalized spacial score (nSPS) is 17.1. The first-order valence-corrected chi connectivity index (χ1v) is 11.7. The Kier molecular flexibility index (Phi) is 9.67. The largest absolute Gasteiger partial charge is 0.489 e. The summed E-state index contributed by atoms with van der Waals surface area (Å²) in [4.78, 5) is 24.6. The summed E-state index contributed by atoms with van der Waals surface area (Å²) in [7, 11) is 0. The number of aliphatic carboxylic acids is 1. The third-order valence-electron chi connectivity index (χ3n) is 5.63. The number of hydrogen-bond acceptors (Lipinski definition) is 6. The molecule has 182 valence electrons. The quantitative estimate of drug-likeness (QED) is 0.277. The molecule has 0 saturated carbocycles. The minimum atomic E-state index is -1.02. The number of hydrogen-bond donors (Lipinski definition) is 1.